The molecule has 3 unspecified atom stereocenters. The monoisotopic (exact) mass is 391 g/mol. The molecule has 1 aromatic carbocycles. The summed E-state index contributed by atoms with van der Waals surface area (Å²) in [5.41, 5.74) is 1.74. The lowest BCUT2D eigenvalue weighted by molar-refractivity contribution is -0.0447. The van der Waals surface area contributed by atoms with Gasteiger partial charge in [-0.25, -0.2) is 4.98 Å². The van der Waals surface area contributed by atoms with Gasteiger partial charge in [-0.3, -0.25) is 13.8 Å². The van der Waals surface area contributed by atoms with Crippen LogP contribution >= 0.6 is 0 Å². The smallest absolute Gasteiger partial charge is 0.280 e. The Kier molecular flexibility index (Phi) is 3.36. The first-order valence-corrected chi connectivity index (χ1v) is 10.1. The van der Waals surface area contributed by atoms with E-state index in [9.17, 15) is 4.79 Å². The maximum Gasteiger partial charge on any atom is 0.280 e. The zero-order valence-corrected chi connectivity index (χ0v) is 16.3. The summed E-state index contributed by atoms with van der Waals surface area (Å²) in [6.45, 7) is 4.78. The first-order valence-electron chi connectivity index (χ1n) is 10.1. The molecule has 6 rings (SSSR count). The topological polar surface area (TPSA) is 87.5 Å². The molecule has 1 aliphatic heterocycles. The van der Waals surface area contributed by atoms with Gasteiger partial charge in [0.1, 0.15) is 23.3 Å². The Morgan fingerprint density at radius 3 is 2.76 bits per heavy atom. The molecule has 1 saturated heterocycles. The Balaban J connectivity index is 1.64. The molecule has 0 radical (unpaired) electrons. The average molecular weight is 391 g/mol. The SMILES string of the molecule is CC1CC1c1nc(-c2ncn3c2c(=O)n(C2(C)CCCO2)c2ccccc23)no1. The van der Waals surface area contributed by atoms with Gasteiger partial charge < -0.3 is 9.26 Å². The minimum absolute atomic E-state index is 0.160. The van der Waals surface area contributed by atoms with Gasteiger partial charge in [0.25, 0.3) is 5.56 Å². The molecule has 8 nitrogen and oxygen atoms in total. The van der Waals surface area contributed by atoms with E-state index >= 15 is 0 Å². The van der Waals surface area contributed by atoms with Crippen LogP contribution in [0.4, 0.5) is 0 Å². The second-order valence-corrected chi connectivity index (χ2v) is 8.34. The number of hydrogen-bond acceptors (Lipinski definition) is 6. The van der Waals surface area contributed by atoms with Crippen molar-refractivity contribution in [2.24, 2.45) is 5.92 Å². The predicted molar refractivity (Wildman–Crippen MR) is 106 cm³/mol. The number of ether oxygens (including phenoxy) is 1. The van der Waals surface area contributed by atoms with Crippen LogP contribution in [0.2, 0.25) is 0 Å². The van der Waals surface area contributed by atoms with Crippen molar-refractivity contribution in [3.05, 3.63) is 46.8 Å². The molecule has 1 saturated carbocycles. The van der Waals surface area contributed by atoms with E-state index in [4.69, 9.17) is 9.26 Å². The lowest BCUT2D eigenvalue weighted by Gasteiger charge is -2.28. The highest BCUT2D eigenvalue weighted by Gasteiger charge is 2.39. The van der Waals surface area contributed by atoms with E-state index in [0.29, 0.717) is 41.4 Å². The highest BCUT2D eigenvalue weighted by atomic mass is 16.5. The van der Waals surface area contributed by atoms with Crippen LogP contribution in [0.3, 0.4) is 0 Å². The molecule has 2 aliphatic rings. The highest BCUT2D eigenvalue weighted by Crippen LogP contribution is 2.46. The van der Waals surface area contributed by atoms with Crippen LogP contribution < -0.4 is 5.56 Å². The Morgan fingerprint density at radius 1 is 1.24 bits per heavy atom. The zero-order valence-electron chi connectivity index (χ0n) is 16.3. The third-order valence-corrected chi connectivity index (χ3v) is 6.31. The van der Waals surface area contributed by atoms with Crippen LogP contribution in [0.15, 0.2) is 39.9 Å². The van der Waals surface area contributed by atoms with Gasteiger partial charge in [0, 0.05) is 12.5 Å². The van der Waals surface area contributed by atoms with Gasteiger partial charge in [0.2, 0.25) is 11.7 Å². The number of aromatic nitrogens is 5. The van der Waals surface area contributed by atoms with Gasteiger partial charge in [-0.15, -0.1) is 0 Å². The molecular weight excluding hydrogens is 370 g/mol. The fourth-order valence-electron chi connectivity index (χ4n) is 4.53. The molecule has 0 amide bonds. The molecule has 148 valence electrons. The maximum atomic E-state index is 13.7. The van der Waals surface area contributed by atoms with Crippen molar-refractivity contribution < 1.29 is 9.26 Å². The number of benzene rings is 1. The maximum absolute atomic E-state index is 13.7. The van der Waals surface area contributed by atoms with E-state index in [1.807, 2.05) is 35.6 Å². The Hall–Kier alpha value is -3.00. The van der Waals surface area contributed by atoms with E-state index in [1.165, 1.54) is 0 Å². The van der Waals surface area contributed by atoms with Crippen molar-refractivity contribution in [1.29, 1.82) is 0 Å². The lowest BCUT2D eigenvalue weighted by Crippen LogP contribution is -2.39. The van der Waals surface area contributed by atoms with E-state index in [0.717, 1.165) is 30.3 Å². The summed E-state index contributed by atoms with van der Waals surface area (Å²) in [7, 11) is 0. The molecule has 0 spiro atoms. The van der Waals surface area contributed by atoms with Gasteiger partial charge >= 0.3 is 0 Å². The fraction of sp³-hybridized carbons (Fsp3) is 0.429. The number of rotatable bonds is 3. The van der Waals surface area contributed by atoms with E-state index in [1.54, 1.807) is 10.9 Å². The lowest BCUT2D eigenvalue weighted by atomic mass is 10.1. The summed E-state index contributed by atoms with van der Waals surface area (Å²) >= 11 is 0. The van der Waals surface area contributed by atoms with Gasteiger partial charge in [0.05, 0.1) is 11.0 Å². The third kappa shape index (κ3) is 2.35. The molecule has 4 heterocycles. The minimum atomic E-state index is -0.689. The Bertz CT molecular complexity index is 1310. The highest BCUT2D eigenvalue weighted by molar-refractivity contribution is 5.83. The van der Waals surface area contributed by atoms with Crippen molar-refractivity contribution in [1.82, 2.24) is 24.1 Å². The molecular formula is C21H21N5O3. The van der Waals surface area contributed by atoms with Crippen LogP contribution in [0.5, 0.6) is 0 Å². The van der Waals surface area contributed by atoms with Crippen molar-refractivity contribution >= 4 is 16.6 Å². The van der Waals surface area contributed by atoms with Crippen LogP contribution in [-0.4, -0.2) is 30.7 Å². The summed E-state index contributed by atoms with van der Waals surface area (Å²) in [6.07, 6.45) is 4.41. The molecule has 3 aromatic heterocycles. The van der Waals surface area contributed by atoms with Gasteiger partial charge in [0.15, 0.2) is 0 Å². The number of nitrogens with zero attached hydrogens (tertiary/aromatic N) is 5. The summed E-state index contributed by atoms with van der Waals surface area (Å²) in [5.74, 6) is 1.86. The van der Waals surface area contributed by atoms with Gasteiger partial charge in [-0.1, -0.05) is 24.2 Å². The third-order valence-electron chi connectivity index (χ3n) is 6.31. The van der Waals surface area contributed by atoms with E-state index in [-0.39, 0.29) is 5.56 Å². The van der Waals surface area contributed by atoms with Crippen LogP contribution in [0.1, 0.15) is 44.9 Å². The van der Waals surface area contributed by atoms with Crippen molar-refractivity contribution in [3.8, 4) is 11.5 Å². The van der Waals surface area contributed by atoms with E-state index < -0.39 is 5.72 Å². The Labute approximate surface area is 166 Å². The van der Waals surface area contributed by atoms with Gasteiger partial charge in [-0.05, 0) is 44.2 Å². The summed E-state index contributed by atoms with van der Waals surface area (Å²) < 4.78 is 15.1. The molecule has 1 aliphatic carbocycles. The molecule has 4 aromatic rings. The Morgan fingerprint density at radius 2 is 2.03 bits per heavy atom. The second-order valence-electron chi connectivity index (χ2n) is 8.34. The van der Waals surface area contributed by atoms with Crippen molar-refractivity contribution in [2.75, 3.05) is 6.61 Å². The summed E-state index contributed by atoms with van der Waals surface area (Å²) in [6, 6.07) is 7.82. The number of para-hydroxylation sites is 2. The molecule has 3 atom stereocenters. The zero-order chi connectivity index (χ0) is 19.8. The van der Waals surface area contributed by atoms with Crippen molar-refractivity contribution in [3.63, 3.8) is 0 Å². The molecule has 8 heteroatoms. The fourth-order valence-corrected chi connectivity index (χ4v) is 4.53. The average Bonchev–Trinajstić information content (AvgIpc) is 3.16. The minimum Gasteiger partial charge on any atom is -0.355 e. The number of hydrogen-bond donors (Lipinski definition) is 0. The summed E-state index contributed by atoms with van der Waals surface area (Å²) in [4.78, 5) is 22.8. The standard InChI is InChI=1S/C21H21N5O3/c1-12-10-13(12)19-23-18(24-29-19)16-17-20(27)26(21(2)8-5-9-28-21)15-7-4-3-6-14(15)25(17)11-22-16/h3-4,6-7,11-13H,5,8-10H2,1-2H3. The van der Waals surface area contributed by atoms with Crippen molar-refractivity contribution in [2.45, 2.75) is 44.8 Å². The summed E-state index contributed by atoms with van der Waals surface area (Å²) in [5, 5.41) is 4.13. The molecule has 29 heavy (non-hydrogen) atoms. The largest absolute Gasteiger partial charge is 0.355 e. The number of fused-ring (bicyclic) bond motifs is 3. The first-order chi connectivity index (χ1) is 14.1. The molecule has 2 fully saturated rings. The molecule has 0 N–H and O–H groups in total. The van der Waals surface area contributed by atoms with Gasteiger partial charge in [-0.2, -0.15) is 4.98 Å². The van der Waals surface area contributed by atoms with Crippen LogP contribution in [0, 0.1) is 5.92 Å². The van der Waals surface area contributed by atoms with Crippen LogP contribution in [0.25, 0.3) is 28.1 Å². The van der Waals surface area contributed by atoms with Crippen LogP contribution in [-0.2, 0) is 10.5 Å². The quantitative estimate of drug-likeness (QED) is 0.532. The number of imidazole rings is 1. The first kappa shape index (κ1) is 16.9. The normalized spacial score (nSPS) is 26.6. The second kappa shape index (κ2) is 5.76. The van der Waals surface area contributed by atoms with E-state index in [2.05, 4.69) is 22.0 Å². The predicted octanol–water partition coefficient (Wildman–Crippen LogP) is 3.31. The molecule has 0 bridgehead atoms.